The minimum Gasteiger partial charge on any atom is -0.323 e. The van der Waals surface area contributed by atoms with Gasteiger partial charge < -0.3 is 5.84 Å². The van der Waals surface area contributed by atoms with Gasteiger partial charge in [0.1, 0.15) is 0 Å². The largest absolute Gasteiger partial charge is 0.323 e. The van der Waals surface area contributed by atoms with E-state index in [1.807, 2.05) is 61.5 Å². The Morgan fingerprint density at radius 3 is 2.39 bits per heavy atom. The van der Waals surface area contributed by atoms with Crippen LogP contribution in [0.3, 0.4) is 0 Å². The molecular formula is C18H18N4O. The molecule has 23 heavy (non-hydrogen) atoms. The molecule has 1 aliphatic heterocycles. The normalized spacial score (nSPS) is 18.3. The van der Waals surface area contributed by atoms with Crippen LogP contribution in [0.15, 0.2) is 64.8 Å². The van der Waals surface area contributed by atoms with Crippen molar-refractivity contribution in [1.82, 2.24) is 5.43 Å². The van der Waals surface area contributed by atoms with Crippen molar-refractivity contribution < 1.29 is 4.79 Å². The quantitative estimate of drug-likeness (QED) is 0.518. The van der Waals surface area contributed by atoms with Crippen molar-refractivity contribution in [3.8, 4) is 0 Å². The molecule has 0 aliphatic carbocycles. The lowest BCUT2D eigenvalue weighted by Gasteiger charge is -2.19. The van der Waals surface area contributed by atoms with Crippen LogP contribution in [0.4, 0.5) is 0 Å². The highest BCUT2D eigenvalue weighted by atomic mass is 16.2. The molecule has 5 heteroatoms. The van der Waals surface area contributed by atoms with Crippen molar-refractivity contribution in [3.05, 3.63) is 71.3 Å². The molecule has 2 aromatic rings. The van der Waals surface area contributed by atoms with Gasteiger partial charge in [-0.3, -0.25) is 4.79 Å². The lowest BCUT2D eigenvalue weighted by molar-refractivity contribution is -0.121. The maximum atomic E-state index is 11.3. The first kappa shape index (κ1) is 15.0. The summed E-state index contributed by atoms with van der Waals surface area (Å²) in [4.78, 5) is 11.3. The third-order valence-corrected chi connectivity index (χ3v) is 3.89. The molecule has 0 radical (unpaired) electrons. The fourth-order valence-corrected chi connectivity index (χ4v) is 2.71. The molecule has 1 amide bonds. The summed E-state index contributed by atoms with van der Waals surface area (Å²) in [5.41, 5.74) is 7.07. The van der Waals surface area contributed by atoms with Crippen LogP contribution in [0.25, 0.3) is 0 Å². The number of nitrogens with zero attached hydrogens (tertiary/aromatic N) is 2. The number of hydrogen-bond donors (Lipinski definition) is 2. The van der Waals surface area contributed by atoms with Crippen LogP contribution >= 0.6 is 0 Å². The molecule has 1 atom stereocenters. The number of nitrogens with two attached hydrogens (primary N) is 1. The molecule has 1 heterocycles. The first-order valence-corrected chi connectivity index (χ1v) is 7.49. The Labute approximate surface area is 134 Å². The molecule has 0 saturated heterocycles. The van der Waals surface area contributed by atoms with Gasteiger partial charge in [0.25, 0.3) is 0 Å². The summed E-state index contributed by atoms with van der Waals surface area (Å²) in [7, 11) is 0. The Kier molecular flexibility index (Phi) is 4.19. The predicted octanol–water partition coefficient (Wildman–Crippen LogP) is 2.26. The Hall–Kier alpha value is -2.95. The van der Waals surface area contributed by atoms with Crippen LogP contribution in [-0.2, 0) is 4.79 Å². The van der Waals surface area contributed by atoms with E-state index in [1.165, 1.54) is 0 Å². The number of carbonyl (C=O) groups is 1. The van der Waals surface area contributed by atoms with E-state index in [4.69, 9.17) is 5.84 Å². The molecule has 116 valence electrons. The highest BCUT2D eigenvalue weighted by molar-refractivity contribution is 6.13. The van der Waals surface area contributed by atoms with E-state index in [-0.39, 0.29) is 11.8 Å². The van der Waals surface area contributed by atoms with E-state index in [0.29, 0.717) is 6.42 Å². The molecule has 0 saturated carbocycles. The smallest absolute Gasteiger partial charge is 0.240 e. The number of amides is 1. The van der Waals surface area contributed by atoms with E-state index >= 15 is 0 Å². The summed E-state index contributed by atoms with van der Waals surface area (Å²) in [5, 5.41) is 8.10. The molecule has 3 rings (SSSR count). The predicted molar refractivity (Wildman–Crippen MR) is 91.2 cm³/mol. The van der Waals surface area contributed by atoms with Crippen molar-refractivity contribution in [3.63, 3.8) is 0 Å². The van der Waals surface area contributed by atoms with Gasteiger partial charge in [-0.25, -0.2) is 5.43 Å². The number of hydrazone groups is 2. The van der Waals surface area contributed by atoms with Crippen LogP contribution in [-0.4, -0.2) is 17.3 Å². The highest BCUT2D eigenvalue weighted by Gasteiger charge is 2.21. The van der Waals surface area contributed by atoms with Gasteiger partial charge in [-0.2, -0.15) is 10.2 Å². The van der Waals surface area contributed by atoms with E-state index in [1.54, 1.807) is 0 Å². The molecule has 0 aromatic heterocycles. The summed E-state index contributed by atoms with van der Waals surface area (Å²) in [6, 6.07) is 17.7. The van der Waals surface area contributed by atoms with Crippen molar-refractivity contribution in [2.45, 2.75) is 13.3 Å². The molecule has 2 aromatic carbocycles. The fourth-order valence-electron chi connectivity index (χ4n) is 2.71. The third kappa shape index (κ3) is 3.13. The van der Waals surface area contributed by atoms with E-state index < -0.39 is 0 Å². The molecule has 3 N–H and O–H groups in total. The van der Waals surface area contributed by atoms with Gasteiger partial charge in [-0.1, -0.05) is 61.5 Å². The zero-order chi connectivity index (χ0) is 16.2. The number of carbonyl (C=O) groups excluding carboxylic acids is 1. The summed E-state index contributed by atoms with van der Waals surface area (Å²) >= 11 is 0. The number of rotatable bonds is 3. The minimum atomic E-state index is -0.0421. The molecule has 0 spiro atoms. The van der Waals surface area contributed by atoms with Crippen molar-refractivity contribution >= 4 is 17.3 Å². The SMILES string of the molecule is CC1CC(=O)NN=C1c1ccc(C(=NN)c2ccccc2)cc1. The monoisotopic (exact) mass is 306 g/mol. The van der Waals surface area contributed by atoms with Gasteiger partial charge >= 0.3 is 0 Å². The zero-order valence-electron chi connectivity index (χ0n) is 12.9. The second-order valence-corrected chi connectivity index (χ2v) is 5.56. The molecule has 5 nitrogen and oxygen atoms in total. The minimum absolute atomic E-state index is 0.0421. The second kappa shape index (κ2) is 6.44. The number of benzene rings is 2. The summed E-state index contributed by atoms with van der Waals surface area (Å²) in [5.74, 6) is 5.63. The Morgan fingerprint density at radius 1 is 1.13 bits per heavy atom. The third-order valence-electron chi connectivity index (χ3n) is 3.89. The van der Waals surface area contributed by atoms with Gasteiger partial charge in [0.15, 0.2) is 0 Å². The molecule has 1 aliphatic rings. The van der Waals surface area contributed by atoms with Gasteiger partial charge in [0.05, 0.1) is 11.4 Å². The molecule has 0 bridgehead atoms. The second-order valence-electron chi connectivity index (χ2n) is 5.56. The number of hydrogen-bond acceptors (Lipinski definition) is 4. The average Bonchev–Trinajstić information content (AvgIpc) is 2.57. The van der Waals surface area contributed by atoms with Crippen LogP contribution in [0.2, 0.25) is 0 Å². The maximum Gasteiger partial charge on any atom is 0.240 e. The summed E-state index contributed by atoms with van der Waals surface area (Å²) in [6.07, 6.45) is 0.458. The Morgan fingerprint density at radius 2 is 1.78 bits per heavy atom. The Balaban J connectivity index is 1.89. The number of nitrogens with one attached hydrogen (secondary N) is 1. The lowest BCUT2D eigenvalue weighted by atomic mass is 9.92. The lowest BCUT2D eigenvalue weighted by Crippen LogP contribution is -2.31. The first-order chi connectivity index (χ1) is 11.2. The molecular weight excluding hydrogens is 288 g/mol. The van der Waals surface area contributed by atoms with Gasteiger partial charge in [-0.05, 0) is 5.56 Å². The molecule has 1 unspecified atom stereocenters. The topological polar surface area (TPSA) is 79.8 Å². The maximum absolute atomic E-state index is 11.3. The fraction of sp³-hybridized carbons (Fsp3) is 0.167. The van der Waals surface area contributed by atoms with Gasteiger partial charge in [0.2, 0.25) is 5.91 Å². The highest BCUT2D eigenvalue weighted by Crippen LogP contribution is 2.18. The van der Waals surface area contributed by atoms with E-state index in [0.717, 1.165) is 28.1 Å². The standard InChI is InChI=1S/C18H18N4O/c1-12-11-16(23)21-22-17(12)14-7-9-15(10-8-14)18(20-19)13-5-3-2-4-6-13/h2-10,12H,11,19H2,1H3,(H,21,23). The molecule has 0 fully saturated rings. The van der Waals surface area contributed by atoms with Crippen molar-refractivity contribution in [1.29, 1.82) is 0 Å². The van der Waals surface area contributed by atoms with Gasteiger partial charge in [-0.15, -0.1) is 0 Å². The van der Waals surface area contributed by atoms with E-state index in [2.05, 4.69) is 15.6 Å². The zero-order valence-corrected chi connectivity index (χ0v) is 12.9. The summed E-state index contributed by atoms with van der Waals surface area (Å²) in [6.45, 7) is 2.00. The van der Waals surface area contributed by atoms with E-state index in [9.17, 15) is 4.79 Å². The van der Waals surface area contributed by atoms with Crippen LogP contribution in [0, 0.1) is 5.92 Å². The van der Waals surface area contributed by atoms with Crippen LogP contribution in [0.1, 0.15) is 30.0 Å². The summed E-state index contributed by atoms with van der Waals surface area (Å²) < 4.78 is 0. The van der Waals surface area contributed by atoms with Crippen LogP contribution in [0.5, 0.6) is 0 Å². The Bertz CT molecular complexity index is 763. The first-order valence-electron chi connectivity index (χ1n) is 7.49. The van der Waals surface area contributed by atoms with Crippen LogP contribution < -0.4 is 11.3 Å². The van der Waals surface area contributed by atoms with Crippen molar-refractivity contribution in [2.75, 3.05) is 0 Å². The van der Waals surface area contributed by atoms with Gasteiger partial charge in [0, 0.05) is 23.5 Å². The average molecular weight is 306 g/mol. The van der Waals surface area contributed by atoms with Crippen molar-refractivity contribution in [2.24, 2.45) is 22.0 Å².